The number of rotatable bonds is 6. The number of carbonyl (C=O) groups is 1. The van der Waals surface area contributed by atoms with Crippen LogP contribution in [0.1, 0.15) is 24.8 Å². The standard InChI is InChI=1S/C20H21ClF3N3O3S/c21-14-7-8-18(17(11-14)20(22,23)24)26-19(28)13-25-15-5-4-6-16(12-15)31(29,30)27-9-2-1-3-10-27/h4-8,11-12,25H,1-3,9-10,13H2,(H,26,28). The fourth-order valence-corrected chi connectivity index (χ4v) is 4.99. The number of piperidine rings is 1. The first-order valence-electron chi connectivity index (χ1n) is 9.58. The Morgan fingerprint density at radius 1 is 1.06 bits per heavy atom. The van der Waals surface area contributed by atoms with Gasteiger partial charge in [0.05, 0.1) is 22.7 Å². The molecule has 1 saturated heterocycles. The smallest absolute Gasteiger partial charge is 0.376 e. The van der Waals surface area contributed by atoms with Gasteiger partial charge in [-0.25, -0.2) is 8.42 Å². The molecule has 0 radical (unpaired) electrons. The first kappa shape index (κ1) is 23.4. The van der Waals surface area contributed by atoms with Crippen LogP contribution in [0.25, 0.3) is 0 Å². The molecule has 1 aliphatic rings. The van der Waals surface area contributed by atoms with E-state index >= 15 is 0 Å². The molecule has 0 aromatic heterocycles. The topological polar surface area (TPSA) is 78.5 Å². The van der Waals surface area contributed by atoms with Crippen LogP contribution in [0.2, 0.25) is 5.02 Å². The summed E-state index contributed by atoms with van der Waals surface area (Å²) in [4.78, 5) is 12.3. The van der Waals surface area contributed by atoms with Crippen LogP contribution >= 0.6 is 11.6 Å². The highest BCUT2D eigenvalue weighted by Gasteiger charge is 2.34. The van der Waals surface area contributed by atoms with Gasteiger partial charge in [0.2, 0.25) is 15.9 Å². The van der Waals surface area contributed by atoms with Crippen LogP contribution in [-0.2, 0) is 21.0 Å². The summed E-state index contributed by atoms with van der Waals surface area (Å²) in [7, 11) is -3.64. The van der Waals surface area contributed by atoms with Crippen molar-refractivity contribution in [2.45, 2.75) is 30.3 Å². The Labute approximate surface area is 183 Å². The molecule has 0 aliphatic carbocycles. The van der Waals surface area contributed by atoms with Gasteiger partial charge in [0.15, 0.2) is 0 Å². The normalized spacial score (nSPS) is 15.5. The number of nitrogens with one attached hydrogen (secondary N) is 2. The lowest BCUT2D eigenvalue weighted by atomic mass is 10.1. The van der Waals surface area contributed by atoms with Crippen LogP contribution < -0.4 is 10.6 Å². The van der Waals surface area contributed by atoms with Gasteiger partial charge in [-0.3, -0.25) is 4.79 Å². The lowest BCUT2D eigenvalue weighted by Gasteiger charge is -2.26. The molecule has 2 aromatic rings. The fourth-order valence-electron chi connectivity index (χ4n) is 3.26. The molecule has 0 bridgehead atoms. The van der Waals surface area contributed by atoms with Crippen molar-refractivity contribution in [3.8, 4) is 0 Å². The molecule has 1 amide bonds. The number of nitrogens with zero attached hydrogens (tertiary/aromatic N) is 1. The molecule has 3 rings (SSSR count). The van der Waals surface area contributed by atoms with Crippen molar-refractivity contribution in [2.24, 2.45) is 0 Å². The monoisotopic (exact) mass is 475 g/mol. The zero-order chi connectivity index (χ0) is 22.6. The molecule has 2 aromatic carbocycles. The third-order valence-corrected chi connectivity index (χ3v) is 6.93. The highest BCUT2D eigenvalue weighted by atomic mass is 35.5. The Kier molecular flexibility index (Phi) is 7.13. The van der Waals surface area contributed by atoms with Crippen molar-refractivity contribution in [1.29, 1.82) is 0 Å². The second kappa shape index (κ2) is 9.46. The van der Waals surface area contributed by atoms with Gasteiger partial charge in [0.25, 0.3) is 0 Å². The fraction of sp³-hybridized carbons (Fsp3) is 0.350. The van der Waals surface area contributed by atoms with E-state index in [0.29, 0.717) is 18.8 Å². The van der Waals surface area contributed by atoms with Gasteiger partial charge in [0, 0.05) is 23.8 Å². The number of benzene rings is 2. The van der Waals surface area contributed by atoms with E-state index in [1.807, 2.05) is 0 Å². The first-order valence-corrected chi connectivity index (χ1v) is 11.4. The quantitative estimate of drug-likeness (QED) is 0.641. The highest BCUT2D eigenvalue weighted by Crippen LogP contribution is 2.36. The SMILES string of the molecule is O=C(CNc1cccc(S(=O)(=O)N2CCCCC2)c1)Nc1ccc(Cl)cc1C(F)(F)F. The summed E-state index contributed by atoms with van der Waals surface area (Å²) < 4.78 is 66.4. The van der Waals surface area contributed by atoms with Crippen LogP contribution in [0.5, 0.6) is 0 Å². The molecular weight excluding hydrogens is 455 g/mol. The number of amides is 1. The second-order valence-electron chi connectivity index (χ2n) is 7.08. The zero-order valence-electron chi connectivity index (χ0n) is 16.4. The van der Waals surface area contributed by atoms with E-state index in [1.54, 1.807) is 6.07 Å². The number of carbonyl (C=O) groups excluding carboxylic acids is 1. The summed E-state index contributed by atoms with van der Waals surface area (Å²) in [6.07, 6.45) is -2.08. The number of hydrogen-bond acceptors (Lipinski definition) is 4. The molecule has 1 heterocycles. The molecule has 0 saturated carbocycles. The van der Waals surface area contributed by atoms with Gasteiger partial charge in [-0.2, -0.15) is 17.5 Å². The first-order chi connectivity index (χ1) is 14.6. The molecule has 168 valence electrons. The van der Waals surface area contributed by atoms with Crippen LogP contribution in [0.3, 0.4) is 0 Å². The van der Waals surface area contributed by atoms with Crippen LogP contribution in [0.15, 0.2) is 47.4 Å². The van der Waals surface area contributed by atoms with Gasteiger partial charge in [-0.15, -0.1) is 0 Å². The van der Waals surface area contributed by atoms with Crippen molar-refractivity contribution >= 4 is 38.9 Å². The van der Waals surface area contributed by atoms with Crippen LogP contribution in [0, 0.1) is 0 Å². The van der Waals surface area contributed by atoms with Crippen molar-refractivity contribution in [3.63, 3.8) is 0 Å². The maximum atomic E-state index is 13.2. The molecule has 11 heteroatoms. The van der Waals surface area contributed by atoms with E-state index in [1.165, 1.54) is 28.6 Å². The predicted octanol–water partition coefficient (Wildman–Crippen LogP) is 4.58. The Bertz CT molecular complexity index is 1060. The minimum absolute atomic E-state index is 0.0943. The number of anilines is 2. The molecule has 6 nitrogen and oxygen atoms in total. The van der Waals surface area contributed by atoms with Gasteiger partial charge in [-0.1, -0.05) is 24.1 Å². The Morgan fingerprint density at radius 2 is 1.77 bits per heavy atom. The third-order valence-electron chi connectivity index (χ3n) is 4.80. The van der Waals surface area contributed by atoms with E-state index in [9.17, 15) is 26.4 Å². The minimum atomic E-state index is -4.68. The largest absolute Gasteiger partial charge is 0.418 e. The molecule has 0 spiro atoms. The van der Waals surface area contributed by atoms with E-state index < -0.39 is 33.4 Å². The van der Waals surface area contributed by atoms with Gasteiger partial charge in [0.1, 0.15) is 0 Å². The summed E-state index contributed by atoms with van der Waals surface area (Å²) in [6, 6.07) is 9.05. The lowest BCUT2D eigenvalue weighted by molar-refractivity contribution is -0.137. The summed E-state index contributed by atoms with van der Waals surface area (Å²) in [5.74, 6) is -0.725. The molecule has 1 fully saturated rings. The van der Waals surface area contributed by atoms with E-state index in [-0.39, 0.29) is 16.5 Å². The van der Waals surface area contributed by atoms with E-state index in [2.05, 4.69) is 10.6 Å². The van der Waals surface area contributed by atoms with Crippen molar-refractivity contribution < 1.29 is 26.4 Å². The zero-order valence-corrected chi connectivity index (χ0v) is 17.9. The summed E-state index contributed by atoms with van der Waals surface area (Å²) in [6.45, 7) is 0.573. The number of sulfonamides is 1. The van der Waals surface area contributed by atoms with Gasteiger partial charge >= 0.3 is 6.18 Å². The number of alkyl halides is 3. The molecule has 0 atom stereocenters. The van der Waals surface area contributed by atoms with E-state index in [4.69, 9.17) is 11.6 Å². The average Bonchev–Trinajstić information content (AvgIpc) is 2.73. The van der Waals surface area contributed by atoms with Crippen LogP contribution in [-0.4, -0.2) is 38.3 Å². The maximum absolute atomic E-state index is 13.2. The van der Waals surface area contributed by atoms with Crippen molar-refractivity contribution in [1.82, 2.24) is 4.31 Å². The molecule has 1 aliphatic heterocycles. The van der Waals surface area contributed by atoms with Crippen molar-refractivity contribution in [2.75, 3.05) is 30.3 Å². The second-order valence-corrected chi connectivity index (χ2v) is 9.46. The predicted molar refractivity (Wildman–Crippen MR) is 113 cm³/mol. The Balaban J connectivity index is 1.67. The third kappa shape index (κ3) is 5.90. The maximum Gasteiger partial charge on any atom is 0.418 e. The van der Waals surface area contributed by atoms with Gasteiger partial charge in [-0.05, 0) is 49.2 Å². The lowest BCUT2D eigenvalue weighted by Crippen LogP contribution is -2.35. The molecule has 31 heavy (non-hydrogen) atoms. The Hall–Kier alpha value is -2.30. The number of halogens is 4. The van der Waals surface area contributed by atoms with E-state index in [0.717, 1.165) is 31.4 Å². The average molecular weight is 476 g/mol. The van der Waals surface area contributed by atoms with Crippen molar-refractivity contribution in [3.05, 3.63) is 53.1 Å². The number of hydrogen-bond donors (Lipinski definition) is 2. The molecule has 2 N–H and O–H groups in total. The highest BCUT2D eigenvalue weighted by molar-refractivity contribution is 7.89. The van der Waals surface area contributed by atoms with Gasteiger partial charge < -0.3 is 10.6 Å². The Morgan fingerprint density at radius 3 is 2.45 bits per heavy atom. The summed E-state index contributed by atoms with van der Waals surface area (Å²) in [5, 5.41) is 4.85. The summed E-state index contributed by atoms with van der Waals surface area (Å²) >= 11 is 5.63. The minimum Gasteiger partial charge on any atom is -0.376 e. The van der Waals surface area contributed by atoms with Crippen LogP contribution in [0.4, 0.5) is 24.5 Å². The molecular formula is C20H21ClF3N3O3S. The summed E-state index contributed by atoms with van der Waals surface area (Å²) in [5.41, 5.74) is -1.10. The molecule has 0 unspecified atom stereocenters.